The lowest BCUT2D eigenvalue weighted by atomic mass is 9.84. The van der Waals surface area contributed by atoms with Gasteiger partial charge in [0.05, 0.1) is 29.4 Å². The van der Waals surface area contributed by atoms with Crippen molar-refractivity contribution >= 4 is 5.69 Å². The molecule has 0 unspecified atom stereocenters. The standard InChI is InChI=1S/C24H25FN6O/c1-29-15-17(13-26-29)22-11-21(12-23(28-22)18-14-27-30(2)16-18)31-8-6-24(32,7-9-31)19-4-3-5-20(25)10-19/h3-5,10-16,32H,6-9H2,1-2H3. The van der Waals surface area contributed by atoms with Gasteiger partial charge in [-0.15, -0.1) is 0 Å². The summed E-state index contributed by atoms with van der Waals surface area (Å²) in [5.41, 5.74) is 4.18. The predicted octanol–water partition coefficient (Wildman–Crippen LogP) is 3.51. The Labute approximate surface area is 185 Å². The Hall–Kier alpha value is -3.52. The summed E-state index contributed by atoms with van der Waals surface area (Å²) >= 11 is 0. The molecule has 0 atom stereocenters. The molecule has 1 saturated heterocycles. The summed E-state index contributed by atoms with van der Waals surface area (Å²) in [7, 11) is 3.76. The molecule has 0 aliphatic carbocycles. The third kappa shape index (κ3) is 3.89. The lowest BCUT2D eigenvalue weighted by Gasteiger charge is -2.39. The molecule has 4 heterocycles. The average Bonchev–Trinajstić information content (AvgIpc) is 3.42. The van der Waals surface area contributed by atoms with Crippen molar-refractivity contribution in [1.29, 1.82) is 0 Å². The molecule has 7 nitrogen and oxygen atoms in total. The smallest absolute Gasteiger partial charge is 0.123 e. The van der Waals surface area contributed by atoms with E-state index in [1.165, 1.54) is 12.1 Å². The third-order valence-corrected chi connectivity index (χ3v) is 6.13. The molecule has 4 aromatic rings. The van der Waals surface area contributed by atoms with Crippen LogP contribution in [0.1, 0.15) is 18.4 Å². The van der Waals surface area contributed by atoms with Gasteiger partial charge >= 0.3 is 0 Å². The van der Waals surface area contributed by atoms with Gasteiger partial charge in [-0.2, -0.15) is 10.2 Å². The summed E-state index contributed by atoms with van der Waals surface area (Å²) in [4.78, 5) is 7.10. The minimum atomic E-state index is -1.02. The number of nitrogens with zero attached hydrogens (tertiary/aromatic N) is 6. The first-order valence-corrected chi connectivity index (χ1v) is 10.6. The number of pyridine rings is 1. The second-order valence-electron chi connectivity index (χ2n) is 8.43. The number of benzene rings is 1. The minimum Gasteiger partial charge on any atom is -0.385 e. The fourth-order valence-electron chi connectivity index (χ4n) is 4.30. The average molecular weight is 433 g/mol. The van der Waals surface area contributed by atoms with E-state index in [1.807, 2.05) is 26.5 Å². The topological polar surface area (TPSA) is 72.0 Å². The summed E-state index contributed by atoms with van der Waals surface area (Å²) in [6.07, 6.45) is 8.53. The van der Waals surface area contributed by atoms with Crippen LogP contribution in [0.4, 0.5) is 10.1 Å². The van der Waals surface area contributed by atoms with E-state index in [-0.39, 0.29) is 5.82 Å². The SMILES string of the molecule is Cn1cc(-c2cc(N3CCC(O)(c4cccc(F)c4)CC3)cc(-c3cnn(C)c3)n2)cn1. The van der Waals surface area contributed by atoms with E-state index in [2.05, 4.69) is 27.2 Å². The largest absolute Gasteiger partial charge is 0.385 e. The molecular formula is C24H25FN6O. The Kier molecular flexibility index (Phi) is 5.01. The van der Waals surface area contributed by atoms with Crippen LogP contribution in [-0.2, 0) is 19.7 Å². The van der Waals surface area contributed by atoms with E-state index in [0.29, 0.717) is 31.5 Å². The van der Waals surface area contributed by atoms with Gasteiger partial charge < -0.3 is 10.0 Å². The molecule has 1 fully saturated rings. The van der Waals surface area contributed by atoms with Gasteiger partial charge in [-0.1, -0.05) is 12.1 Å². The van der Waals surface area contributed by atoms with Crippen molar-refractivity contribution in [3.05, 3.63) is 72.6 Å². The lowest BCUT2D eigenvalue weighted by molar-refractivity contribution is 0.0115. The third-order valence-electron chi connectivity index (χ3n) is 6.13. The maximum absolute atomic E-state index is 13.7. The maximum Gasteiger partial charge on any atom is 0.123 e. The molecule has 0 amide bonds. The fourth-order valence-corrected chi connectivity index (χ4v) is 4.30. The van der Waals surface area contributed by atoms with Crippen LogP contribution in [0.15, 0.2) is 61.2 Å². The van der Waals surface area contributed by atoms with E-state index < -0.39 is 5.60 Å². The quantitative estimate of drug-likeness (QED) is 0.534. The van der Waals surface area contributed by atoms with E-state index >= 15 is 0 Å². The highest BCUT2D eigenvalue weighted by molar-refractivity contribution is 5.71. The highest BCUT2D eigenvalue weighted by Crippen LogP contribution is 2.36. The number of aryl methyl sites for hydroxylation is 2. The van der Waals surface area contributed by atoms with Crippen molar-refractivity contribution in [2.24, 2.45) is 14.1 Å². The first-order valence-electron chi connectivity index (χ1n) is 10.6. The Bertz CT molecular complexity index is 1200. The Morgan fingerprint density at radius 3 is 2.00 bits per heavy atom. The molecule has 1 aromatic carbocycles. The van der Waals surface area contributed by atoms with Crippen LogP contribution >= 0.6 is 0 Å². The second-order valence-corrected chi connectivity index (χ2v) is 8.43. The van der Waals surface area contributed by atoms with Crippen molar-refractivity contribution in [3.8, 4) is 22.5 Å². The number of aliphatic hydroxyl groups is 1. The Balaban J connectivity index is 1.47. The molecule has 0 bridgehead atoms. The van der Waals surface area contributed by atoms with Crippen LogP contribution in [0.3, 0.4) is 0 Å². The summed E-state index contributed by atoms with van der Waals surface area (Å²) in [5.74, 6) is -0.324. The minimum absolute atomic E-state index is 0.324. The highest BCUT2D eigenvalue weighted by Gasteiger charge is 2.34. The lowest BCUT2D eigenvalue weighted by Crippen LogP contribution is -2.42. The van der Waals surface area contributed by atoms with Gasteiger partial charge in [0.15, 0.2) is 0 Å². The van der Waals surface area contributed by atoms with Crippen molar-refractivity contribution in [2.45, 2.75) is 18.4 Å². The molecule has 1 aliphatic heterocycles. The van der Waals surface area contributed by atoms with Crippen molar-refractivity contribution in [3.63, 3.8) is 0 Å². The van der Waals surface area contributed by atoms with E-state index in [4.69, 9.17) is 4.98 Å². The second kappa shape index (κ2) is 7.87. The van der Waals surface area contributed by atoms with Crippen LogP contribution in [0.5, 0.6) is 0 Å². The van der Waals surface area contributed by atoms with Gasteiger partial charge in [-0.3, -0.25) is 9.36 Å². The maximum atomic E-state index is 13.7. The summed E-state index contributed by atoms with van der Waals surface area (Å²) in [5, 5.41) is 19.7. The van der Waals surface area contributed by atoms with E-state index in [0.717, 1.165) is 28.2 Å². The molecule has 0 spiro atoms. The summed E-state index contributed by atoms with van der Waals surface area (Å²) < 4.78 is 17.2. The van der Waals surface area contributed by atoms with Crippen molar-refractivity contribution in [1.82, 2.24) is 24.5 Å². The Morgan fingerprint density at radius 2 is 1.50 bits per heavy atom. The molecular weight excluding hydrogens is 407 g/mol. The van der Waals surface area contributed by atoms with Gasteiger partial charge in [0.2, 0.25) is 0 Å². The number of halogens is 1. The first kappa shape index (κ1) is 20.4. The van der Waals surface area contributed by atoms with Crippen LogP contribution in [0.25, 0.3) is 22.5 Å². The zero-order valence-corrected chi connectivity index (χ0v) is 18.1. The van der Waals surface area contributed by atoms with E-state index in [9.17, 15) is 9.50 Å². The van der Waals surface area contributed by atoms with Gasteiger partial charge in [-0.25, -0.2) is 9.37 Å². The van der Waals surface area contributed by atoms with Crippen molar-refractivity contribution < 1.29 is 9.50 Å². The number of hydrogen-bond acceptors (Lipinski definition) is 5. The normalized spacial score (nSPS) is 15.8. The van der Waals surface area contributed by atoms with Gasteiger partial charge in [0.25, 0.3) is 0 Å². The summed E-state index contributed by atoms with van der Waals surface area (Å²) in [6, 6.07) is 10.4. The number of rotatable bonds is 4. The predicted molar refractivity (Wildman–Crippen MR) is 120 cm³/mol. The molecule has 0 saturated carbocycles. The first-order chi connectivity index (χ1) is 15.4. The molecule has 164 valence electrons. The van der Waals surface area contributed by atoms with Gasteiger partial charge in [0, 0.05) is 56.4 Å². The molecule has 3 aromatic heterocycles. The van der Waals surface area contributed by atoms with E-state index in [1.54, 1.807) is 33.9 Å². The Morgan fingerprint density at radius 1 is 0.906 bits per heavy atom. The zero-order chi connectivity index (χ0) is 22.3. The number of anilines is 1. The molecule has 32 heavy (non-hydrogen) atoms. The van der Waals surface area contributed by atoms with Gasteiger partial charge in [-0.05, 0) is 42.7 Å². The van der Waals surface area contributed by atoms with Crippen LogP contribution in [0.2, 0.25) is 0 Å². The van der Waals surface area contributed by atoms with Crippen molar-refractivity contribution in [2.75, 3.05) is 18.0 Å². The molecule has 1 N–H and O–H groups in total. The number of piperidine rings is 1. The number of aromatic nitrogens is 5. The monoisotopic (exact) mass is 432 g/mol. The molecule has 1 aliphatic rings. The number of hydrogen-bond donors (Lipinski definition) is 1. The fraction of sp³-hybridized carbons (Fsp3) is 0.292. The summed E-state index contributed by atoms with van der Waals surface area (Å²) in [6.45, 7) is 1.30. The molecule has 5 rings (SSSR count). The van der Waals surface area contributed by atoms with Crippen LogP contribution in [0, 0.1) is 5.82 Å². The highest BCUT2D eigenvalue weighted by atomic mass is 19.1. The molecule has 0 radical (unpaired) electrons. The molecule has 8 heteroatoms. The zero-order valence-electron chi connectivity index (χ0n) is 18.1. The van der Waals surface area contributed by atoms with Gasteiger partial charge in [0.1, 0.15) is 5.82 Å². The van der Waals surface area contributed by atoms with Crippen LogP contribution < -0.4 is 4.90 Å². The van der Waals surface area contributed by atoms with Crippen LogP contribution in [-0.4, -0.2) is 42.7 Å².